The summed E-state index contributed by atoms with van der Waals surface area (Å²) in [5.74, 6) is -0.674. The molecule has 1 aromatic rings. The quantitative estimate of drug-likeness (QED) is 0.830. The van der Waals surface area contributed by atoms with Gasteiger partial charge >= 0.3 is 0 Å². The van der Waals surface area contributed by atoms with E-state index >= 15 is 0 Å². The Labute approximate surface area is 107 Å². The molecule has 15 heavy (non-hydrogen) atoms. The minimum Gasteiger partial charge on any atom is -0.348 e. The van der Waals surface area contributed by atoms with Crippen molar-refractivity contribution >= 4 is 52.3 Å². The number of alkyl halides is 3. The van der Waals surface area contributed by atoms with Crippen LogP contribution in [0.3, 0.4) is 0 Å². The highest BCUT2D eigenvalue weighted by Gasteiger charge is 2.30. The normalized spacial score (nSPS) is 11.2. The minimum absolute atomic E-state index is 0.229. The van der Waals surface area contributed by atoms with Crippen molar-refractivity contribution in [2.24, 2.45) is 0 Å². The molecule has 6 heteroatoms. The van der Waals surface area contributed by atoms with Crippen LogP contribution in [0.15, 0.2) is 24.3 Å². The lowest BCUT2D eigenvalue weighted by molar-refractivity contribution is -0.120. The molecule has 2 nitrogen and oxygen atoms in total. The summed E-state index contributed by atoms with van der Waals surface area (Å²) in [7, 11) is 0. The third-order valence-electron chi connectivity index (χ3n) is 1.65. The van der Waals surface area contributed by atoms with E-state index in [0.29, 0.717) is 5.02 Å². The Balaban J connectivity index is 2.59. The van der Waals surface area contributed by atoms with E-state index in [1.165, 1.54) is 0 Å². The summed E-state index contributed by atoms with van der Waals surface area (Å²) in [6, 6.07) is 7.10. The van der Waals surface area contributed by atoms with Crippen LogP contribution in [-0.2, 0) is 11.3 Å². The van der Waals surface area contributed by atoms with Crippen LogP contribution in [0, 0.1) is 0 Å². The molecule has 0 aliphatic rings. The Bertz CT molecular complexity index is 361. The minimum atomic E-state index is -1.94. The second-order valence-corrected chi connectivity index (χ2v) is 5.46. The number of amides is 1. The molecular weight excluding hydrogens is 280 g/mol. The van der Waals surface area contributed by atoms with Crippen molar-refractivity contribution < 1.29 is 4.79 Å². The third-order valence-corrected chi connectivity index (χ3v) is 2.54. The van der Waals surface area contributed by atoms with Gasteiger partial charge in [0.1, 0.15) is 0 Å². The van der Waals surface area contributed by atoms with Gasteiger partial charge in [-0.3, -0.25) is 4.79 Å². The summed E-state index contributed by atoms with van der Waals surface area (Å²) in [5.41, 5.74) is 0.766. The number of carbonyl (C=O) groups excluding carboxylic acids is 1. The Morgan fingerprint density at radius 3 is 2.40 bits per heavy atom. The predicted molar refractivity (Wildman–Crippen MR) is 63.6 cm³/mol. The standard InChI is InChI=1S/C9H7Cl4NO/c10-7-4-2-1-3-6(7)5-14-8(15)9(11,12)13/h1-4H,5H2,(H,14,15). The number of halogens is 4. The molecule has 1 aromatic carbocycles. The predicted octanol–water partition coefficient (Wildman–Crippen LogP) is 3.33. The largest absolute Gasteiger partial charge is 0.348 e. The fourth-order valence-electron chi connectivity index (χ4n) is 0.917. The summed E-state index contributed by atoms with van der Waals surface area (Å²) in [5, 5.41) is 3.02. The Kier molecular flexibility index (Phi) is 4.53. The molecule has 0 heterocycles. The summed E-state index contributed by atoms with van der Waals surface area (Å²) in [4.78, 5) is 11.2. The van der Waals surface area contributed by atoms with Gasteiger partial charge in [-0.25, -0.2) is 0 Å². The van der Waals surface area contributed by atoms with E-state index in [2.05, 4.69) is 5.32 Å². The zero-order valence-electron chi connectivity index (χ0n) is 7.44. The first kappa shape index (κ1) is 12.9. The van der Waals surface area contributed by atoms with Gasteiger partial charge in [-0.15, -0.1) is 0 Å². The van der Waals surface area contributed by atoms with Crippen molar-refractivity contribution in [1.29, 1.82) is 0 Å². The van der Waals surface area contributed by atoms with Crippen LogP contribution < -0.4 is 5.32 Å². The first-order valence-electron chi connectivity index (χ1n) is 3.99. The topological polar surface area (TPSA) is 29.1 Å². The van der Waals surface area contributed by atoms with E-state index in [1.54, 1.807) is 18.2 Å². The number of nitrogens with one attached hydrogen (secondary N) is 1. The van der Waals surface area contributed by atoms with Gasteiger partial charge in [0.2, 0.25) is 0 Å². The van der Waals surface area contributed by atoms with Gasteiger partial charge in [-0.1, -0.05) is 64.6 Å². The highest BCUT2D eigenvalue weighted by atomic mass is 35.6. The van der Waals surface area contributed by atoms with E-state index in [1.807, 2.05) is 6.07 Å². The average Bonchev–Trinajstić information content (AvgIpc) is 2.14. The van der Waals surface area contributed by atoms with Crippen molar-refractivity contribution in [3.05, 3.63) is 34.9 Å². The second kappa shape index (κ2) is 5.26. The highest BCUT2D eigenvalue weighted by Crippen LogP contribution is 2.26. The molecule has 1 rings (SSSR count). The van der Waals surface area contributed by atoms with Gasteiger partial charge in [0.05, 0.1) is 0 Å². The number of benzene rings is 1. The lowest BCUT2D eigenvalue weighted by atomic mass is 10.2. The van der Waals surface area contributed by atoms with E-state index in [4.69, 9.17) is 46.4 Å². The maximum absolute atomic E-state index is 11.2. The second-order valence-electron chi connectivity index (χ2n) is 2.77. The van der Waals surface area contributed by atoms with Crippen molar-refractivity contribution in [3.63, 3.8) is 0 Å². The monoisotopic (exact) mass is 285 g/mol. The molecule has 0 aromatic heterocycles. The van der Waals surface area contributed by atoms with E-state index in [-0.39, 0.29) is 6.54 Å². The molecule has 0 saturated carbocycles. The lowest BCUT2D eigenvalue weighted by Crippen LogP contribution is -2.34. The van der Waals surface area contributed by atoms with Crippen molar-refractivity contribution in [2.75, 3.05) is 0 Å². The maximum atomic E-state index is 11.2. The van der Waals surface area contributed by atoms with Gasteiger partial charge in [0.25, 0.3) is 9.70 Å². The van der Waals surface area contributed by atoms with E-state index in [9.17, 15) is 4.79 Å². The molecule has 0 spiro atoms. The van der Waals surface area contributed by atoms with Gasteiger partial charge in [-0.2, -0.15) is 0 Å². The molecule has 0 atom stereocenters. The van der Waals surface area contributed by atoms with Gasteiger partial charge in [-0.05, 0) is 11.6 Å². The summed E-state index contributed by atoms with van der Waals surface area (Å²) in [6.45, 7) is 0.229. The zero-order chi connectivity index (χ0) is 11.5. The Hall–Kier alpha value is -0.150. The molecule has 0 unspecified atom stereocenters. The van der Waals surface area contributed by atoms with Gasteiger partial charge in [0, 0.05) is 11.6 Å². The fourth-order valence-corrected chi connectivity index (χ4v) is 1.32. The van der Waals surface area contributed by atoms with Crippen molar-refractivity contribution in [2.45, 2.75) is 10.3 Å². The number of hydrogen-bond donors (Lipinski definition) is 1. The molecule has 82 valence electrons. The molecule has 0 radical (unpaired) electrons. The first-order chi connectivity index (χ1) is 6.91. The summed E-state index contributed by atoms with van der Waals surface area (Å²) >= 11 is 22.0. The summed E-state index contributed by atoms with van der Waals surface area (Å²) in [6.07, 6.45) is 0. The van der Waals surface area contributed by atoms with Crippen LogP contribution in [-0.4, -0.2) is 9.70 Å². The van der Waals surface area contributed by atoms with Crippen molar-refractivity contribution in [1.82, 2.24) is 5.32 Å². The van der Waals surface area contributed by atoms with Crippen LogP contribution in [0.25, 0.3) is 0 Å². The van der Waals surface area contributed by atoms with E-state index in [0.717, 1.165) is 5.56 Å². The Morgan fingerprint density at radius 2 is 1.87 bits per heavy atom. The molecule has 0 bridgehead atoms. The zero-order valence-corrected chi connectivity index (χ0v) is 10.5. The molecular formula is C9H7Cl4NO. The van der Waals surface area contributed by atoms with Gasteiger partial charge in [0.15, 0.2) is 0 Å². The third kappa shape index (κ3) is 4.07. The molecule has 0 aliphatic carbocycles. The summed E-state index contributed by atoms with van der Waals surface area (Å²) < 4.78 is -1.94. The van der Waals surface area contributed by atoms with Crippen LogP contribution >= 0.6 is 46.4 Å². The number of rotatable bonds is 2. The van der Waals surface area contributed by atoms with Crippen molar-refractivity contribution in [3.8, 4) is 0 Å². The molecule has 0 aliphatic heterocycles. The molecule has 0 fully saturated rings. The van der Waals surface area contributed by atoms with Crippen LogP contribution in [0.5, 0.6) is 0 Å². The van der Waals surface area contributed by atoms with Gasteiger partial charge < -0.3 is 5.32 Å². The van der Waals surface area contributed by atoms with E-state index < -0.39 is 9.70 Å². The van der Waals surface area contributed by atoms with Crippen LogP contribution in [0.4, 0.5) is 0 Å². The molecule has 1 amide bonds. The van der Waals surface area contributed by atoms with Crippen LogP contribution in [0.2, 0.25) is 5.02 Å². The average molecular weight is 287 g/mol. The fraction of sp³-hybridized carbons (Fsp3) is 0.222. The van der Waals surface area contributed by atoms with Crippen LogP contribution in [0.1, 0.15) is 5.56 Å². The Morgan fingerprint density at radius 1 is 1.27 bits per heavy atom. The first-order valence-corrected chi connectivity index (χ1v) is 5.51. The highest BCUT2D eigenvalue weighted by molar-refractivity contribution is 6.76. The lowest BCUT2D eigenvalue weighted by Gasteiger charge is -2.11. The molecule has 1 N–H and O–H groups in total. The maximum Gasteiger partial charge on any atom is 0.272 e. The number of hydrogen-bond acceptors (Lipinski definition) is 1. The molecule has 0 saturated heterocycles. The SMILES string of the molecule is O=C(NCc1ccccc1Cl)C(Cl)(Cl)Cl. The smallest absolute Gasteiger partial charge is 0.272 e. The number of carbonyl (C=O) groups is 1.